The smallest absolute Gasteiger partial charge is 0.264 e. The Bertz CT molecular complexity index is 1320. The third kappa shape index (κ3) is 5.53. The quantitative estimate of drug-likeness (QED) is 0.366. The molecule has 2 aromatic heterocycles. The molecule has 7 nitrogen and oxygen atoms in total. The summed E-state index contributed by atoms with van der Waals surface area (Å²) in [5.74, 6) is -0.662. The molecule has 0 aliphatic carbocycles. The first kappa shape index (κ1) is 23.9. The molecule has 36 heavy (non-hydrogen) atoms. The summed E-state index contributed by atoms with van der Waals surface area (Å²) in [6, 6.07) is 19.1. The molecule has 2 aromatic carbocycles. The number of halogens is 1. The van der Waals surface area contributed by atoms with E-state index in [2.05, 4.69) is 10.3 Å². The predicted molar refractivity (Wildman–Crippen MR) is 137 cm³/mol. The highest BCUT2D eigenvalue weighted by Crippen LogP contribution is 2.25. The molecule has 184 valence electrons. The molecule has 1 saturated heterocycles. The van der Waals surface area contributed by atoms with Crippen molar-refractivity contribution in [3.8, 4) is 16.9 Å². The van der Waals surface area contributed by atoms with Crippen LogP contribution < -0.4 is 5.32 Å². The van der Waals surface area contributed by atoms with E-state index in [0.717, 1.165) is 18.4 Å². The van der Waals surface area contributed by atoms with Crippen LogP contribution in [0.15, 0.2) is 78.3 Å². The van der Waals surface area contributed by atoms with Crippen molar-refractivity contribution in [1.82, 2.24) is 14.5 Å². The molecular weight excluding hydrogens is 479 g/mol. The number of carbonyl (C=O) groups excluding carboxylic acids is 2. The van der Waals surface area contributed by atoms with Gasteiger partial charge in [-0.05, 0) is 48.6 Å². The third-order valence-electron chi connectivity index (χ3n) is 5.93. The van der Waals surface area contributed by atoms with Gasteiger partial charge < -0.3 is 9.64 Å². The van der Waals surface area contributed by atoms with Gasteiger partial charge in [-0.1, -0.05) is 36.4 Å². The van der Waals surface area contributed by atoms with E-state index in [1.807, 2.05) is 41.8 Å². The predicted octanol–water partition coefficient (Wildman–Crippen LogP) is 5.00. The Kier molecular flexibility index (Phi) is 7.20. The summed E-state index contributed by atoms with van der Waals surface area (Å²) in [6.45, 7) is 0.856. The molecule has 3 heterocycles. The van der Waals surface area contributed by atoms with Crippen LogP contribution >= 0.6 is 11.3 Å². The number of carbonyl (C=O) groups is 2. The number of nitrogens with one attached hydrogen (secondary N) is 1. The second-order valence-corrected chi connectivity index (χ2v) is 9.46. The lowest BCUT2D eigenvalue weighted by Gasteiger charge is -2.24. The van der Waals surface area contributed by atoms with E-state index in [-0.39, 0.29) is 36.2 Å². The van der Waals surface area contributed by atoms with Gasteiger partial charge in [-0.25, -0.2) is 9.37 Å². The van der Waals surface area contributed by atoms with E-state index in [9.17, 15) is 14.0 Å². The molecule has 1 N–H and O–H groups in total. The van der Waals surface area contributed by atoms with E-state index in [1.54, 1.807) is 29.0 Å². The number of rotatable bonds is 8. The van der Waals surface area contributed by atoms with Gasteiger partial charge in [0.1, 0.15) is 12.4 Å². The number of aromatic nitrogens is 2. The van der Waals surface area contributed by atoms with Crippen molar-refractivity contribution in [2.24, 2.45) is 0 Å². The largest absolute Gasteiger partial charge is 0.376 e. The van der Waals surface area contributed by atoms with Crippen molar-refractivity contribution in [2.75, 3.05) is 25.0 Å². The van der Waals surface area contributed by atoms with Crippen LogP contribution in [-0.4, -0.2) is 52.1 Å². The fraction of sp³-hybridized carbons (Fsp3) is 0.222. The number of hydrogen-bond donors (Lipinski definition) is 1. The van der Waals surface area contributed by atoms with Gasteiger partial charge in [-0.2, -0.15) is 0 Å². The molecule has 1 atom stereocenters. The number of benzene rings is 2. The van der Waals surface area contributed by atoms with Crippen LogP contribution in [0.25, 0.3) is 16.9 Å². The molecule has 4 aromatic rings. The molecule has 0 bridgehead atoms. The normalized spacial score (nSPS) is 15.1. The van der Waals surface area contributed by atoms with Gasteiger partial charge >= 0.3 is 0 Å². The topological polar surface area (TPSA) is 76.5 Å². The molecule has 2 amide bonds. The van der Waals surface area contributed by atoms with Crippen molar-refractivity contribution in [2.45, 2.75) is 18.9 Å². The third-order valence-corrected chi connectivity index (χ3v) is 6.79. The molecule has 1 unspecified atom stereocenters. The van der Waals surface area contributed by atoms with Gasteiger partial charge in [-0.3, -0.25) is 19.5 Å². The number of thiophene rings is 1. The van der Waals surface area contributed by atoms with Crippen molar-refractivity contribution in [3.05, 3.63) is 89.0 Å². The minimum atomic E-state index is -0.383. The van der Waals surface area contributed by atoms with Crippen LogP contribution in [-0.2, 0) is 9.53 Å². The zero-order valence-electron chi connectivity index (χ0n) is 19.5. The Labute approximate surface area is 212 Å². The summed E-state index contributed by atoms with van der Waals surface area (Å²) in [7, 11) is 0. The first-order valence-electron chi connectivity index (χ1n) is 11.7. The standard InChI is InChI=1S/C27H25FN4O3S/c28-20-10-12-21(13-11-20)32-17-23(19-6-2-1-3-7-19)29-27(32)30-25(33)18-31(16-22-8-4-14-35-22)26(34)24-9-5-15-36-24/h1-3,5-7,9-13,15,17,22H,4,8,14,16,18H2,(H,29,30,33). The van der Waals surface area contributed by atoms with Crippen molar-refractivity contribution >= 4 is 29.1 Å². The minimum absolute atomic E-state index is 0.0902. The number of nitrogens with zero attached hydrogens (tertiary/aromatic N) is 3. The van der Waals surface area contributed by atoms with Crippen LogP contribution in [0.4, 0.5) is 10.3 Å². The maximum atomic E-state index is 13.5. The monoisotopic (exact) mass is 504 g/mol. The van der Waals surface area contributed by atoms with Crippen molar-refractivity contribution in [1.29, 1.82) is 0 Å². The highest BCUT2D eigenvalue weighted by Gasteiger charge is 2.26. The van der Waals surface area contributed by atoms with Crippen LogP contribution in [0, 0.1) is 5.82 Å². The summed E-state index contributed by atoms with van der Waals surface area (Å²) >= 11 is 1.34. The maximum Gasteiger partial charge on any atom is 0.264 e. The first-order chi connectivity index (χ1) is 17.6. The van der Waals surface area contributed by atoms with Gasteiger partial charge in [0.25, 0.3) is 5.91 Å². The molecule has 1 fully saturated rings. The molecule has 9 heteroatoms. The van der Waals surface area contributed by atoms with E-state index in [4.69, 9.17) is 4.74 Å². The van der Waals surface area contributed by atoms with Gasteiger partial charge in [0.05, 0.1) is 16.7 Å². The van der Waals surface area contributed by atoms with Crippen LogP contribution in [0.1, 0.15) is 22.5 Å². The fourth-order valence-electron chi connectivity index (χ4n) is 4.16. The molecule has 1 aliphatic heterocycles. The number of hydrogen-bond acceptors (Lipinski definition) is 5. The lowest BCUT2D eigenvalue weighted by Crippen LogP contribution is -2.42. The highest BCUT2D eigenvalue weighted by molar-refractivity contribution is 7.12. The lowest BCUT2D eigenvalue weighted by molar-refractivity contribution is -0.117. The summed E-state index contributed by atoms with van der Waals surface area (Å²) in [6.07, 6.45) is 3.49. The molecule has 1 aliphatic rings. The van der Waals surface area contributed by atoms with E-state index in [1.165, 1.54) is 28.4 Å². The summed E-state index contributed by atoms with van der Waals surface area (Å²) in [4.78, 5) is 33.1. The summed E-state index contributed by atoms with van der Waals surface area (Å²) < 4.78 is 21.0. The number of anilines is 1. The molecule has 5 rings (SSSR count). The van der Waals surface area contributed by atoms with E-state index >= 15 is 0 Å². The van der Waals surface area contributed by atoms with Crippen molar-refractivity contribution in [3.63, 3.8) is 0 Å². The Hall–Kier alpha value is -3.82. The van der Waals surface area contributed by atoms with Gasteiger partial charge in [0.15, 0.2) is 0 Å². The van der Waals surface area contributed by atoms with Crippen molar-refractivity contribution < 1.29 is 18.7 Å². The Balaban J connectivity index is 1.40. The zero-order valence-corrected chi connectivity index (χ0v) is 20.3. The number of amides is 2. The summed E-state index contributed by atoms with van der Waals surface area (Å²) in [5.41, 5.74) is 2.18. The number of ether oxygens (including phenoxy) is 1. The molecule has 0 radical (unpaired) electrons. The lowest BCUT2D eigenvalue weighted by atomic mass is 10.2. The Morgan fingerprint density at radius 1 is 1.11 bits per heavy atom. The van der Waals surface area contributed by atoms with E-state index < -0.39 is 0 Å². The van der Waals surface area contributed by atoms with Crippen LogP contribution in [0.5, 0.6) is 0 Å². The average molecular weight is 505 g/mol. The molecular formula is C27H25FN4O3S. The summed E-state index contributed by atoms with van der Waals surface area (Å²) in [5, 5.41) is 4.69. The molecule has 0 spiro atoms. The fourth-order valence-corrected chi connectivity index (χ4v) is 4.85. The SMILES string of the molecule is O=C(CN(CC1CCCO1)C(=O)c1cccs1)Nc1nc(-c2ccccc2)cn1-c1ccc(F)cc1. The Morgan fingerprint density at radius 2 is 1.92 bits per heavy atom. The minimum Gasteiger partial charge on any atom is -0.376 e. The molecule has 0 saturated carbocycles. The average Bonchev–Trinajstić information content (AvgIpc) is 3.67. The number of imidazole rings is 1. The second kappa shape index (κ2) is 10.8. The zero-order chi connectivity index (χ0) is 24.9. The second-order valence-electron chi connectivity index (χ2n) is 8.51. The van der Waals surface area contributed by atoms with Gasteiger partial charge in [0.2, 0.25) is 11.9 Å². The maximum absolute atomic E-state index is 13.5. The first-order valence-corrected chi connectivity index (χ1v) is 12.6. The highest BCUT2D eigenvalue weighted by atomic mass is 32.1. The van der Waals surface area contributed by atoms with E-state index in [0.29, 0.717) is 29.4 Å². The van der Waals surface area contributed by atoms with Crippen LogP contribution in [0.3, 0.4) is 0 Å². The Morgan fingerprint density at radius 3 is 2.61 bits per heavy atom. The van der Waals surface area contributed by atoms with Crippen LogP contribution in [0.2, 0.25) is 0 Å². The van der Waals surface area contributed by atoms with Gasteiger partial charge in [-0.15, -0.1) is 11.3 Å². The van der Waals surface area contributed by atoms with Gasteiger partial charge in [0, 0.05) is 30.6 Å².